The molecule has 0 spiro atoms. The number of hydrogen-bond donors (Lipinski definition) is 0. The van der Waals surface area contributed by atoms with Gasteiger partial charge in [-0.05, 0) is 25.2 Å². The van der Waals surface area contributed by atoms with Crippen molar-refractivity contribution in [2.45, 2.75) is 81.6 Å². The van der Waals surface area contributed by atoms with Crippen LogP contribution in [-0.4, -0.2) is 25.1 Å². The highest BCUT2D eigenvalue weighted by molar-refractivity contribution is 8.20. The molecule has 0 bridgehead atoms. The van der Waals surface area contributed by atoms with Crippen molar-refractivity contribution in [3.05, 3.63) is 18.7 Å². The summed E-state index contributed by atoms with van der Waals surface area (Å²) in [6, 6.07) is 0. The second-order valence-corrected chi connectivity index (χ2v) is 9.56. The van der Waals surface area contributed by atoms with Crippen LogP contribution in [0.2, 0.25) is 0 Å². The molecule has 126 valence electrons. The molecule has 0 amide bonds. The fourth-order valence-electron chi connectivity index (χ4n) is 3.15. The van der Waals surface area contributed by atoms with Crippen LogP contribution in [0, 0.1) is 5.92 Å². The molecule has 2 nitrogen and oxygen atoms in total. The molecule has 2 heterocycles. The van der Waals surface area contributed by atoms with Crippen LogP contribution >= 0.6 is 23.5 Å². The van der Waals surface area contributed by atoms with Crippen LogP contribution in [-0.2, 0) is 6.54 Å². The van der Waals surface area contributed by atoms with E-state index in [9.17, 15) is 0 Å². The van der Waals surface area contributed by atoms with E-state index in [1.807, 2.05) is 12.5 Å². The SMILES string of the molecule is CCCCCC(CC1SCC(CCCC)S1)Cn1ccnc1. The van der Waals surface area contributed by atoms with Gasteiger partial charge < -0.3 is 4.57 Å². The minimum atomic E-state index is 0.815. The average molecular weight is 341 g/mol. The summed E-state index contributed by atoms with van der Waals surface area (Å²) in [5.74, 6) is 2.19. The van der Waals surface area contributed by atoms with Crippen molar-refractivity contribution in [2.24, 2.45) is 5.92 Å². The van der Waals surface area contributed by atoms with Crippen LogP contribution in [0.25, 0.3) is 0 Å². The standard InChI is InChI=1S/C18H32N2S2/c1-3-5-7-8-16(13-20-11-10-19-15-20)12-18-21-14-17(22-18)9-6-4-2/h10-11,15-18H,3-9,12-14H2,1-2H3. The maximum absolute atomic E-state index is 4.20. The fourth-order valence-corrected chi connectivity index (χ4v) is 6.84. The lowest BCUT2D eigenvalue weighted by molar-refractivity contribution is 0.385. The zero-order valence-electron chi connectivity index (χ0n) is 14.2. The highest BCUT2D eigenvalue weighted by Gasteiger charge is 2.27. The molecule has 3 atom stereocenters. The topological polar surface area (TPSA) is 17.8 Å². The first kappa shape index (κ1) is 18.3. The van der Waals surface area contributed by atoms with Gasteiger partial charge in [0.25, 0.3) is 0 Å². The summed E-state index contributed by atoms with van der Waals surface area (Å²) in [5, 5.41) is 0.916. The Balaban J connectivity index is 1.78. The number of unbranched alkanes of at least 4 members (excludes halogenated alkanes) is 3. The Kier molecular flexibility index (Phi) is 8.83. The number of aromatic nitrogens is 2. The van der Waals surface area contributed by atoms with Gasteiger partial charge in [0.15, 0.2) is 0 Å². The van der Waals surface area contributed by atoms with E-state index in [0.29, 0.717) is 0 Å². The van der Waals surface area contributed by atoms with Gasteiger partial charge in [-0.15, -0.1) is 23.5 Å². The average Bonchev–Trinajstić information content (AvgIpc) is 3.17. The highest BCUT2D eigenvalue weighted by Crippen LogP contribution is 2.43. The number of rotatable bonds is 11. The van der Waals surface area contributed by atoms with Crippen LogP contribution in [0.4, 0.5) is 0 Å². The van der Waals surface area contributed by atoms with E-state index in [1.54, 1.807) is 0 Å². The van der Waals surface area contributed by atoms with Crippen LogP contribution in [0.5, 0.6) is 0 Å². The van der Waals surface area contributed by atoms with Gasteiger partial charge in [-0.3, -0.25) is 0 Å². The number of hydrogen-bond acceptors (Lipinski definition) is 3. The third-order valence-corrected chi connectivity index (χ3v) is 7.86. The molecular formula is C18H32N2S2. The third kappa shape index (κ3) is 6.57. The quantitative estimate of drug-likeness (QED) is 0.472. The van der Waals surface area contributed by atoms with E-state index in [0.717, 1.165) is 22.3 Å². The Morgan fingerprint density at radius 3 is 2.82 bits per heavy atom. The van der Waals surface area contributed by atoms with Gasteiger partial charge in [-0.1, -0.05) is 46.0 Å². The molecular weight excluding hydrogens is 308 g/mol. The molecule has 0 radical (unpaired) electrons. The van der Waals surface area contributed by atoms with E-state index in [4.69, 9.17) is 0 Å². The van der Waals surface area contributed by atoms with E-state index < -0.39 is 0 Å². The van der Waals surface area contributed by atoms with Crippen molar-refractivity contribution in [1.82, 2.24) is 9.55 Å². The summed E-state index contributed by atoms with van der Waals surface area (Å²) >= 11 is 4.49. The molecule has 1 fully saturated rings. The summed E-state index contributed by atoms with van der Waals surface area (Å²) in [7, 11) is 0. The molecule has 3 unspecified atom stereocenters. The van der Waals surface area contributed by atoms with Crippen molar-refractivity contribution >= 4 is 23.5 Å². The maximum Gasteiger partial charge on any atom is 0.0945 e. The van der Waals surface area contributed by atoms with Crippen LogP contribution in [0.15, 0.2) is 18.7 Å². The van der Waals surface area contributed by atoms with E-state index >= 15 is 0 Å². The summed E-state index contributed by atoms with van der Waals surface area (Å²) in [5.41, 5.74) is 0. The molecule has 0 saturated carbocycles. The summed E-state index contributed by atoms with van der Waals surface area (Å²) in [6.07, 6.45) is 17.0. The van der Waals surface area contributed by atoms with E-state index in [2.05, 4.69) is 53.1 Å². The van der Waals surface area contributed by atoms with E-state index in [-0.39, 0.29) is 0 Å². The molecule has 1 aliphatic rings. The lowest BCUT2D eigenvalue weighted by atomic mass is 9.98. The maximum atomic E-state index is 4.20. The molecule has 1 aliphatic heterocycles. The number of nitrogens with zero attached hydrogens (tertiary/aromatic N) is 2. The molecule has 1 aromatic rings. The predicted molar refractivity (Wildman–Crippen MR) is 102 cm³/mol. The van der Waals surface area contributed by atoms with Gasteiger partial charge >= 0.3 is 0 Å². The molecule has 0 aromatic carbocycles. The lowest BCUT2D eigenvalue weighted by Crippen LogP contribution is -2.14. The van der Waals surface area contributed by atoms with Crippen LogP contribution < -0.4 is 0 Å². The Hall–Kier alpha value is -0.0900. The fraction of sp³-hybridized carbons (Fsp3) is 0.833. The van der Waals surface area contributed by atoms with Crippen molar-refractivity contribution in [3.63, 3.8) is 0 Å². The number of thioether (sulfide) groups is 2. The number of imidazole rings is 1. The van der Waals surface area contributed by atoms with Gasteiger partial charge in [0.2, 0.25) is 0 Å². The molecule has 4 heteroatoms. The van der Waals surface area contributed by atoms with Gasteiger partial charge in [-0.2, -0.15) is 0 Å². The first-order valence-corrected chi connectivity index (χ1v) is 11.0. The zero-order valence-corrected chi connectivity index (χ0v) is 15.9. The molecule has 2 rings (SSSR count). The summed E-state index contributed by atoms with van der Waals surface area (Å²) in [6.45, 7) is 5.76. The van der Waals surface area contributed by atoms with Crippen molar-refractivity contribution in [1.29, 1.82) is 0 Å². The largest absolute Gasteiger partial charge is 0.337 e. The highest BCUT2D eigenvalue weighted by atomic mass is 32.2. The Morgan fingerprint density at radius 1 is 1.23 bits per heavy atom. The Labute approximate surface area is 145 Å². The first-order valence-electron chi connectivity index (χ1n) is 9.04. The van der Waals surface area contributed by atoms with Gasteiger partial charge in [0.05, 0.1) is 10.9 Å². The smallest absolute Gasteiger partial charge is 0.0945 e. The van der Waals surface area contributed by atoms with Gasteiger partial charge in [0.1, 0.15) is 0 Å². The normalized spacial score (nSPS) is 23.0. The summed E-state index contributed by atoms with van der Waals surface area (Å²) < 4.78 is 3.10. The Bertz CT molecular complexity index is 380. The zero-order chi connectivity index (χ0) is 15.6. The van der Waals surface area contributed by atoms with E-state index in [1.165, 1.54) is 57.1 Å². The van der Waals surface area contributed by atoms with Gasteiger partial charge in [-0.25, -0.2) is 4.98 Å². The minimum Gasteiger partial charge on any atom is -0.337 e. The molecule has 1 saturated heterocycles. The van der Waals surface area contributed by atoms with Crippen molar-refractivity contribution in [2.75, 3.05) is 5.75 Å². The molecule has 0 aliphatic carbocycles. The molecule has 0 N–H and O–H groups in total. The first-order chi connectivity index (χ1) is 10.8. The monoisotopic (exact) mass is 340 g/mol. The van der Waals surface area contributed by atoms with Gasteiger partial charge in [0, 0.05) is 29.9 Å². The second-order valence-electron chi connectivity index (χ2n) is 6.52. The lowest BCUT2D eigenvalue weighted by Gasteiger charge is -2.20. The van der Waals surface area contributed by atoms with Crippen LogP contribution in [0.3, 0.4) is 0 Å². The molecule has 22 heavy (non-hydrogen) atoms. The predicted octanol–water partition coefficient (Wildman–Crippen LogP) is 5.83. The summed E-state index contributed by atoms with van der Waals surface area (Å²) in [4.78, 5) is 4.20. The minimum absolute atomic E-state index is 0.815. The van der Waals surface area contributed by atoms with Crippen molar-refractivity contribution < 1.29 is 0 Å². The molecule has 1 aromatic heterocycles. The van der Waals surface area contributed by atoms with Crippen LogP contribution in [0.1, 0.15) is 65.2 Å². The van der Waals surface area contributed by atoms with Crippen molar-refractivity contribution in [3.8, 4) is 0 Å². The third-order valence-electron chi connectivity index (χ3n) is 4.46. The Morgan fingerprint density at radius 2 is 2.09 bits per heavy atom. The second kappa shape index (κ2) is 10.6.